The molecule has 0 bridgehead atoms. The Bertz CT molecular complexity index is 374. The number of rotatable bonds is 4. The molecule has 2 N–H and O–H groups in total. The van der Waals surface area contributed by atoms with Gasteiger partial charge in [0, 0.05) is 24.9 Å². The van der Waals surface area contributed by atoms with E-state index >= 15 is 0 Å². The van der Waals surface area contributed by atoms with E-state index < -0.39 is 11.7 Å². The van der Waals surface area contributed by atoms with Gasteiger partial charge in [0.25, 0.3) is 0 Å². The summed E-state index contributed by atoms with van der Waals surface area (Å²) in [6.07, 6.45) is 2.84. The van der Waals surface area contributed by atoms with Crippen molar-refractivity contribution in [1.29, 1.82) is 0 Å². The maximum absolute atomic E-state index is 11.5. The van der Waals surface area contributed by atoms with E-state index in [2.05, 4.69) is 10.3 Å². The lowest BCUT2D eigenvalue weighted by Gasteiger charge is -2.21. The van der Waals surface area contributed by atoms with Crippen molar-refractivity contribution >= 4 is 6.09 Å². The molecular formula is C13H20N2O3. The first-order valence-corrected chi connectivity index (χ1v) is 5.90. The minimum absolute atomic E-state index is 0.0419. The summed E-state index contributed by atoms with van der Waals surface area (Å²) in [4.78, 5) is 15.4. The van der Waals surface area contributed by atoms with Crippen molar-refractivity contribution in [2.24, 2.45) is 0 Å². The summed E-state index contributed by atoms with van der Waals surface area (Å²) >= 11 is 0. The zero-order valence-electron chi connectivity index (χ0n) is 11.0. The lowest BCUT2D eigenvalue weighted by molar-refractivity contribution is 0.0521. The molecule has 1 unspecified atom stereocenters. The zero-order valence-corrected chi connectivity index (χ0v) is 11.0. The number of pyridine rings is 1. The number of ether oxygens (including phenoxy) is 1. The fourth-order valence-corrected chi connectivity index (χ4v) is 1.44. The third-order valence-electron chi connectivity index (χ3n) is 2.29. The number of amides is 1. The quantitative estimate of drug-likeness (QED) is 0.855. The van der Waals surface area contributed by atoms with Crippen molar-refractivity contribution in [3.05, 3.63) is 30.1 Å². The van der Waals surface area contributed by atoms with E-state index in [1.165, 1.54) is 0 Å². The van der Waals surface area contributed by atoms with Gasteiger partial charge in [-0.3, -0.25) is 4.98 Å². The maximum Gasteiger partial charge on any atom is 0.407 e. The lowest BCUT2D eigenvalue weighted by atomic mass is 10.0. The average Bonchev–Trinajstić information content (AvgIpc) is 2.29. The molecule has 18 heavy (non-hydrogen) atoms. The zero-order chi connectivity index (χ0) is 13.6. The van der Waals surface area contributed by atoms with Gasteiger partial charge < -0.3 is 15.2 Å². The second-order valence-corrected chi connectivity index (χ2v) is 5.04. The van der Waals surface area contributed by atoms with E-state index in [9.17, 15) is 9.90 Å². The number of aromatic nitrogens is 1. The molecule has 0 aromatic carbocycles. The topological polar surface area (TPSA) is 71.5 Å². The van der Waals surface area contributed by atoms with E-state index in [0.29, 0.717) is 6.54 Å². The third-order valence-corrected chi connectivity index (χ3v) is 2.29. The Morgan fingerprint density at radius 1 is 1.44 bits per heavy atom. The molecule has 0 aliphatic rings. The van der Waals surface area contributed by atoms with Crippen molar-refractivity contribution in [1.82, 2.24) is 10.3 Å². The Balaban J connectivity index is 2.48. The predicted molar refractivity (Wildman–Crippen MR) is 68.3 cm³/mol. The third kappa shape index (κ3) is 5.14. The molecule has 1 aromatic heterocycles. The molecule has 5 nitrogen and oxygen atoms in total. The summed E-state index contributed by atoms with van der Waals surface area (Å²) in [6, 6.07) is 3.63. The van der Waals surface area contributed by atoms with Gasteiger partial charge in [-0.25, -0.2) is 4.79 Å². The van der Waals surface area contributed by atoms with Crippen LogP contribution < -0.4 is 5.32 Å². The summed E-state index contributed by atoms with van der Waals surface area (Å²) in [5, 5.41) is 12.0. The van der Waals surface area contributed by atoms with Gasteiger partial charge >= 0.3 is 6.09 Å². The van der Waals surface area contributed by atoms with Gasteiger partial charge in [0.2, 0.25) is 0 Å². The molecule has 0 saturated carbocycles. The average molecular weight is 252 g/mol. The highest BCUT2D eigenvalue weighted by molar-refractivity contribution is 5.67. The van der Waals surface area contributed by atoms with Crippen molar-refractivity contribution in [2.45, 2.75) is 32.3 Å². The lowest BCUT2D eigenvalue weighted by Crippen LogP contribution is -2.35. The largest absolute Gasteiger partial charge is 0.444 e. The van der Waals surface area contributed by atoms with E-state index in [-0.39, 0.29) is 12.5 Å². The number of alkyl carbamates (subject to hydrolysis) is 1. The van der Waals surface area contributed by atoms with Gasteiger partial charge in [0.15, 0.2) is 0 Å². The van der Waals surface area contributed by atoms with Crippen LogP contribution in [-0.4, -0.2) is 34.9 Å². The van der Waals surface area contributed by atoms with Gasteiger partial charge in [-0.2, -0.15) is 0 Å². The van der Waals surface area contributed by atoms with E-state index in [1.54, 1.807) is 33.2 Å². The molecule has 5 heteroatoms. The van der Waals surface area contributed by atoms with Crippen LogP contribution in [0.2, 0.25) is 0 Å². The van der Waals surface area contributed by atoms with Crippen LogP contribution in [0.15, 0.2) is 24.5 Å². The Morgan fingerprint density at radius 3 is 2.56 bits per heavy atom. The summed E-state index contributed by atoms with van der Waals surface area (Å²) in [5.41, 5.74) is 0.415. The number of nitrogens with one attached hydrogen (secondary N) is 1. The van der Waals surface area contributed by atoms with Crippen molar-refractivity contribution in [2.75, 3.05) is 13.2 Å². The van der Waals surface area contributed by atoms with E-state index in [1.807, 2.05) is 12.1 Å². The maximum atomic E-state index is 11.5. The molecule has 0 aliphatic carbocycles. The Kier molecular flexibility index (Phi) is 5.09. The second kappa shape index (κ2) is 6.35. The van der Waals surface area contributed by atoms with Crippen LogP contribution in [-0.2, 0) is 4.74 Å². The molecule has 0 aliphatic heterocycles. The number of hydrogen-bond donors (Lipinski definition) is 2. The van der Waals surface area contributed by atoms with Gasteiger partial charge in [-0.15, -0.1) is 0 Å². The molecule has 1 heterocycles. The van der Waals surface area contributed by atoms with Gasteiger partial charge in [0.1, 0.15) is 5.60 Å². The number of aliphatic hydroxyl groups excluding tert-OH is 1. The monoisotopic (exact) mass is 252 g/mol. The molecule has 1 amide bonds. The minimum atomic E-state index is -0.518. The summed E-state index contributed by atoms with van der Waals surface area (Å²) in [6.45, 7) is 5.70. The van der Waals surface area contributed by atoms with Crippen molar-refractivity contribution in [3.63, 3.8) is 0 Å². The molecule has 0 saturated heterocycles. The highest BCUT2D eigenvalue weighted by Gasteiger charge is 2.17. The van der Waals surface area contributed by atoms with Crippen LogP contribution in [0.1, 0.15) is 32.3 Å². The Hall–Kier alpha value is -1.62. The smallest absolute Gasteiger partial charge is 0.407 e. The molecule has 100 valence electrons. The molecule has 1 aromatic rings. The molecule has 0 fully saturated rings. The number of carbonyl (C=O) groups is 1. The normalized spacial score (nSPS) is 12.9. The minimum Gasteiger partial charge on any atom is -0.444 e. The fourth-order valence-electron chi connectivity index (χ4n) is 1.44. The van der Waals surface area contributed by atoms with E-state index in [0.717, 1.165) is 5.56 Å². The first-order valence-electron chi connectivity index (χ1n) is 5.90. The van der Waals surface area contributed by atoms with Gasteiger partial charge in [-0.05, 0) is 38.5 Å². The summed E-state index contributed by atoms with van der Waals surface area (Å²) in [7, 11) is 0. The van der Waals surface area contributed by atoms with Gasteiger partial charge in [-0.1, -0.05) is 0 Å². The molecule has 1 rings (SSSR count). The highest BCUT2D eigenvalue weighted by Crippen LogP contribution is 2.13. The predicted octanol–water partition coefficient (Wildman–Crippen LogP) is 1.68. The van der Waals surface area contributed by atoms with Crippen LogP contribution in [0.3, 0.4) is 0 Å². The van der Waals surface area contributed by atoms with Crippen molar-refractivity contribution in [3.8, 4) is 0 Å². The Morgan fingerprint density at radius 2 is 2.06 bits per heavy atom. The first-order chi connectivity index (χ1) is 8.42. The Labute approximate surface area is 107 Å². The summed E-state index contributed by atoms with van der Waals surface area (Å²) < 4.78 is 5.12. The first kappa shape index (κ1) is 14.4. The van der Waals surface area contributed by atoms with Gasteiger partial charge in [0.05, 0.1) is 6.61 Å². The standard InChI is InChI=1S/C13H20N2O3/c1-13(2,3)18-12(17)15-8-11(9-16)10-4-6-14-7-5-10/h4-7,11,16H,8-9H2,1-3H3,(H,15,17). The molecule has 0 radical (unpaired) electrons. The fraction of sp³-hybridized carbons (Fsp3) is 0.538. The van der Waals surface area contributed by atoms with Crippen LogP contribution in [0.4, 0.5) is 4.79 Å². The number of carbonyl (C=O) groups excluding carboxylic acids is 1. The number of aliphatic hydroxyl groups is 1. The number of hydrogen-bond acceptors (Lipinski definition) is 4. The van der Waals surface area contributed by atoms with Crippen molar-refractivity contribution < 1.29 is 14.6 Å². The van der Waals surface area contributed by atoms with Crippen LogP contribution in [0, 0.1) is 0 Å². The molecular weight excluding hydrogens is 232 g/mol. The second-order valence-electron chi connectivity index (χ2n) is 5.04. The number of nitrogens with zero attached hydrogens (tertiary/aromatic N) is 1. The molecule has 0 spiro atoms. The summed E-state index contributed by atoms with van der Waals surface area (Å²) in [5.74, 6) is -0.152. The van der Waals surface area contributed by atoms with E-state index in [4.69, 9.17) is 4.74 Å². The van der Waals surface area contributed by atoms with Crippen LogP contribution in [0.5, 0.6) is 0 Å². The SMILES string of the molecule is CC(C)(C)OC(=O)NCC(CO)c1ccncc1. The van der Waals surface area contributed by atoms with Crippen LogP contribution in [0.25, 0.3) is 0 Å². The van der Waals surface area contributed by atoms with Crippen LogP contribution >= 0.6 is 0 Å². The highest BCUT2D eigenvalue weighted by atomic mass is 16.6. The molecule has 1 atom stereocenters.